The van der Waals surface area contributed by atoms with Crippen LogP contribution in [0.1, 0.15) is 12.1 Å². The van der Waals surface area contributed by atoms with Crippen molar-refractivity contribution in [2.24, 2.45) is 0 Å². The van der Waals surface area contributed by atoms with E-state index in [-0.39, 0.29) is 18.8 Å². The maximum atomic E-state index is 9.37. The molecule has 1 N–H and O–H groups in total. The average molecular weight is 291 g/mol. The molecule has 0 bridgehead atoms. The lowest BCUT2D eigenvalue weighted by atomic mass is 10.2. The minimum atomic E-state index is 0.100. The van der Waals surface area contributed by atoms with Crippen molar-refractivity contribution in [3.63, 3.8) is 0 Å². The van der Waals surface area contributed by atoms with Crippen molar-refractivity contribution in [3.8, 4) is 0 Å². The highest BCUT2D eigenvalue weighted by Crippen LogP contribution is 2.25. The fourth-order valence-corrected chi connectivity index (χ4v) is 2.68. The second kappa shape index (κ2) is 6.17. The number of methoxy groups -OCH3 is 1. The summed E-state index contributed by atoms with van der Waals surface area (Å²) in [7, 11) is 1.69. The molecule has 0 amide bonds. The summed E-state index contributed by atoms with van der Waals surface area (Å²) in [5, 5.41) is 10.5. The molecule has 6 heteroatoms. The van der Waals surface area contributed by atoms with Crippen molar-refractivity contribution in [1.82, 2.24) is 9.88 Å². The van der Waals surface area contributed by atoms with Gasteiger partial charge in [-0.15, -0.1) is 0 Å². The number of halogens is 2. The molecule has 0 radical (unpaired) electrons. The Balaban J connectivity index is 2.08. The fourth-order valence-electron chi connectivity index (χ4n) is 2.24. The number of aromatic nitrogens is 1. The Bertz CT molecular complexity index is 417. The molecule has 1 aliphatic heterocycles. The van der Waals surface area contributed by atoms with Crippen LogP contribution in [-0.2, 0) is 11.3 Å². The van der Waals surface area contributed by atoms with Crippen molar-refractivity contribution >= 4 is 23.2 Å². The predicted molar refractivity (Wildman–Crippen MR) is 71.0 cm³/mol. The summed E-state index contributed by atoms with van der Waals surface area (Å²) in [6.45, 7) is 1.49. The maximum absolute atomic E-state index is 9.37. The number of aliphatic hydroxyl groups is 1. The Kier molecular flexibility index (Phi) is 4.81. The predicted octanol–water partition coefficient (Wildman–Crippen LogP) is 1.97. The van der Waals surface area contributed by atoms with Crippen molar-refractivity contribution < 1.29 is 9.84 Å². The SMILES string of the molecule is CO[C@H]1C[C@@H](CO)N(Cc2ncc(Cl)cc2Cl)C1. The van der Waals surface area contributed by atoms with E-state index >= 15 is 0 Å². The molecule has 2 atom stereocenters. The number of hydrogen-bond acceptors (Lipinski definition) is 4. The minimum absolute atomic E-state index is 0.100. The molecule has 100 valence electrons. The van der Waals surface area contributed by atoms with Gasteiger partial charge in [0, 0.05) is 32.4 Å². The van der Waals surface area contributed by atoms with Crippen LogP contribution in [0.2, 0.25) is 10.0 Å². The number of ether oxygens (including phenoxy) is 1. The van der Waals surface area contributed by atoms with Crippen molar-refractivity contribution in [1.29, 1.82) is 0 Å². The van der Waals surface area contributed by atoms with E-state index in [9.17, 15) is 5.11 Å². The van der Waals surface area contributed by atoms with E-state index in [1.54, 1.807) is 19.4 Å². The molecular weight excluding hydrogens is 275 g/mol. The standard InChI is InChI=1S/C12H16Cl2N2O2/c1-18-10-3-9(7-17)16(5-10)6-12-11(14)2-8(13)4-15-12/h2,4,9-10,17H,3,5-7H2,1H3/t9-,10-/m0/s1. The second-order valence-electron chi connectivity index (χ2n) is 4.44. The Morgan fingerprint density at radius 2 is 2.33 bits per heavy atom. The third-order valence-electron chi connectivity index (χ3n) is 3.27. The molecule has 1 fully saturated rings. The van der Waals surface area contributed by atoms with Gasteiger partial charge in [0.2, 0.25) is 0 Å². The van der Waals surface area contributed by atoms with E-state index in [0.717, 1.165) is 18.7 Å². The Hall–Kier alpha value is -0.390. The molecule has 2 heterocycles. The van der Waals surface area contributed by atoms with Gasteiger partial charge in [-0.1, -0.05) is 23.2 Å². The minimum Gasteiger partial charge on any atom is -0.395 e. The van der Waals surface area contributed by atoms with E-state index < -0.39 is 0 Å². The normalized spacial score (nSPS) is 24.7. The summed E-state index contributed by atoms with van der Waals surface area (Å²) in [5.41, 5.74) is 0.774. The topological polar surface area (TPSA) is 45.6 Å². The summed E-state index contributed by atoms with van der Waals surface area (Å²) in [4.78, 5) is 6.37. The molecule has 18 heavy (non-hydrogen) atoms. The van der Waals surface area contributed by atoms with Gasteiger partial charge in [-0.3, -0.25) is 9.88 Å². The van der Waals surface area contributed by atoms with E-state index in [1.807, 2.05) is 0 Å². The van der Waals surface area contributed by atoms with Crippen molar-refractivity contribution in [2.75, 3.05) is 20.3 Å². The van der Waals surface area contributed by atoms with Gasteiger partial charge in [-0.2, -0.15) is 0 Å². The lowest BCUT2D eigenvalue weighted by Crippen LogP contribution is -2.32. The molecule has 0 spiro atoms. The third kappa shape index (κ3) is 3.13. The van der Waals surface area contributed by atoms with Crippen LogP contribution >= 0.6 is 23.2 Å². The Morgan fingerprint density at radius 3 is 2.94 bits per heavy atom. The molecule has 4 nitrogen and oxygen atoms in total. The van der Waals surface area contributed by atoms with Crippen LogP contribution in [0.3, 0.4) is 0 Å². The first-order valence-electron chi connectivity index (χ1n) is 5.81. The van der Waals surface area contributed by atoms with Gasteiger partial charge in [-0.25, -0.2) is 0 Å². The highest BCUT2D eigenvalue weighted by Gasteiger charge is 2.32. The van der Waals surface area contributed by atoms with Gasteiger partial charge in [-0.05, 0) is 12.5 Å². The van der Waals surface area contributed by atoms with Crippen LogP contribution in [-0.4, -0.2) is 47.4 Å². The van der Waals surface area contributed by atoms with Crippen LogP contribution in [0.15, 0.2) is 12.3 Å². The van der Waals surface area contributed by atoms with E-state index in [2.05, 4.69) is 9.88 Å². The highest BCUT2D eigenvalue weighted by atomic mass is 35.5. The van der Waals surface area contributed by atoms with E-state index in [1.165, 1.54) is 0 Å². The molecule has 0 aliphatic carbocycles. The van der Waals surface area contributed by atoms with Crippen LogP contribution in [0.5, 0.6) is 0 Å². The zero-order chi connectivity index (χ0) is 13.1. The summed E-state index contributed by atoms with van der Waals surface area (Å²) >= 11 is 11.9. The summed E-state index contributed by atoms with van der Waals surface area (Å²) < 4.78 is 5.33. The number of nitrogens with zero attached hydrogens (tertiary/aromatic N) is 2. The third-order valence-corrected chi connectivity index (χ3v) is 3.80. The number of hydrogen-bond donors (Lipinski definition) is 1. The first-order valence-corrected chi connectivity index (χ1v) is 6.57. The molecule has 0 aromatic carbocycles. The van der Waals surface area contributed by atoms with Gasteiger partial charge in [0.05, 0.1) is 28.5 Å². The maximum Gasteiger partial charge on any atom is 0.0731 e. The summed E-state index contributed by atoms with van der Waals surface area (Å²) in [6.07, 6.45) is 2.58. The average Bonchev–Trinajstić information content (AvgIpc) is 2.75. The zero-order valence-corrected chi connectivity index (χ0v) is 11.7. The second-order valence-corrected chi connectivity index (χ2v) is 5.28. The molecule has 1 aliphatic rings. The number of rotatable bonds is 4. The van der Waals surface area contributed by atoms with Gasteiger partial charge in [0.25, 0.3) is 0 Å². The quantitative estimate of drug-likeness (QED) is 0.921. The number of likely N-dealkylation sites (tertiary alicyclic amines) is 1. The molecule has 0 saturated carbocycles. The smallest absolute Gasteiger partial charge is 0.0731 e. The van der Waals surface area contributed by atoms with Gasteiger partial charge in [0.15, 0.2) is 0 Å². The van der Waals surface area contributed by atoms with Gasteiger partial charge < -0.3 is 9.84 Å². The molecular formula is C12H16Cl2N2O2. The van der Waals surface area contributed by atoms with Gasteiger partial charge >= 0.3 is 0 Å². The first kappa shape index (κ1) is 14.0. The van der Waals surface area contributed by atoms with Crippen LogP contribution in [0.4, 0.5) is 0 Å². The molecule has 1 aromatic heterocycles. The largest absolute Gasteiger partial charge is 0.395 e. The summed E-state index contributed by atoms with van der Waals surface area (Å²) in [5.74, 6) is 0. The fraction of sp³-hybridized carbons (Fsp3) is 0.583. The molecule has 1 saturated heterocycles. The lowest BCUT2D eigenvalue weighted by Gasteiger charge is -2.22. The molecule has 2 rings (SSSR count). The van der Waals surface area contributed by atoms with Crippen LogP contribution < -0.4 is 0 Å². The molecule has 0 unspecified atom stereocenters. The Morgan fingerprint density at radius 1 is 1.56 bits per heavy atom. The monoisotopic (exact) mass is 290 g/mol. The number of aliphatic hydroxyl groups excluding tert-OH is 1. The zero-order valence-electron chi connectivity index (χ0n) is 10.1. The highest BCUT2D eigenvalue weighted by molar-refractivity contribution is 6.34. The van der Waals surface area contributed by atoms with Crippen LogP contribution in [0.25, 0.3) is 0 Å². The van der Waals surface area contributed by atoms with Crippen molar-refractivity contribution in [2.45, 2.75) is 25.1 Å². The van der Waals surface area contributed by atoms with Gasteiger partial charge in [0.1, 0.15) is 0 Å². The number of pyridine rings is 1. The van der Waals surface area contributed by atoms with Crippen molar-refractivity contribution in [3.05, 3.63) is 28.0 Å². The lowest BCUT2D eigenvalue weighted by molar-refractivity contribution is 0.107. The summed E-state index contributed by atoms with van der Waals surface area (Å²) in [6, 6.07) is 1.78. The first-order chi connectivity index (χ1) is 8.63. The van der Waals surface area contributed by atoms with Crippen LogP contribution in [0, 0.1) is 0 Å². The van der Waals surface area contributed by atoms with E-state index in [4.69, 9.17) is 27.9 Å². The Labute approximate surface area is 116 Å². The van der Waals surface area contributed by atoms with E-state index in [0.29, 0.717) is 16.6 Å². The molecule has 1 aromatic rings.